The molecule has 0 saturated carbocycles. The molecule has 0 fully saturated rings. The zero-order chi connectivity index (χ0) is 16.5. The van der Waals surface area contributed by atoms with Gasteiger partial charge in [-0.2, -0.15) is 5.11 Å². The maximum absolute atomic E-state index is 11.8. The molecule has 0 unspecified atom stereocenters. The molecule has 2 amide bonds. The number of ether oxygens (including phenoxy) is 2. The Hall–Kier alpha value is -2.90. The van der Waals surface area contributed by atoms with Gasteiger partial charge in [0.25, 0.3) is 5.91 Å². The van der Waals surface area contributed by atoms with Crippen LogP contribution >= 0.6 is 0 Å². The molecule has 1 rings (SSSR count). The molecule has 1 aromatic carbocycles. The van der Waals surface area contributed by atoms with E-state index in [1.165, 1.54) is 14.0 Å². The molecular formula is C14H17N3O5. The highest BCUT2D eigenvalue weighted by Gasteiger charge is 2.16. The first-order valence-corrected chi connectivity index (χ1v) is 6.41. The van der Waals surface area contributed by atoms with Crippen LogP contribution in [0.1, 0.15) is 13.8 Å². The highest BCUT2D eigenvalue weighted by Crippen LogP contribution is 2.20. The van der Waals surface area contributed by atoms with Gasteiger partial charge in [-0.1, -0.05) is 6.07 Å². The van der Waals surface area contributed by atoms with E-state index < -0.39 is 17.7 Å². The van der Waals surface area contributed by atoms with Crippen LogP contribution in [0.15, 0.2) is 46.0 Å². The number of nitrogens with zero attached hydrogens (tertiary/aromatic N) is 2. The molecule has 0 aliphatic carbocycles. The van der Waals surface area contributed by atoms with E-state index in [4.69, 9.17) is 4.74 Å². The van der Waals surface area contributed by atoms with E-state index in [0.29, 0.717) is 11.4 Å². The first-order chi connectivity index (χ1) is 10.5. The molecule has 2 N–H and O–H groups in total. The minimum absolute atomic E-state index is 0.113. The van der Waals surface area contributed by atoms with Crippen molar-refractivity contribution >= 4 is 17.7 Å². The molecule has 0 aliphatic rings. The lowest BCUT2D eigenvalue weighted by Crippen LogP contribution is -2.32. The Kier molecular flexibility index (Phi) is 6.55. The van der Waals surface area contributed by atoms with E-state index in [2.05, 4.69) is 15.0 Å². The fraction of sp³-hybridized carbons (Fsp3) is 0.286. The van der Waals surface area contributed by atoms with E-state index in [0.717, 1.165) is 0 Å². The number of benzene rings is 1. The molecule has 8 heteroatoms. The van der Waals surface area contributed by atoms with Crippen molar-refractivity contribution in [1.82, 2.24) is 5.32 Å². The third-order valence-electron chi connectivity index (χ3n) is 2.37. The number of carbonyl (C=O) groups is 2. The number of amides is 2. The second-order valence-corrected chi connectivity index (χ2v) is 4.01. The minimum Gasteiger partial charge on any atom is -0.510 e. The Morgan fingerprint density at radius 3 is 2.68 bits per heavy atom. The van der Waals surface area contributed by atoms with E-state index in [9.17, 15) is 14.7 Å². The monoisotopic (exact) mass is 307 g/mol. The number of alkyl carbamates (subject to hydrolysis) is 1. The normalized spacial score (nSPS) is 11.8. The summed E-state index contributed by atoms with van der Waals surface area (Å²) in [4.78, 5) is 23.0. The highest BCUT2D eigenvalue weighted by atomic mass is 16.5. The Morgan fingerprint density at radius 2 is 2.09 bits per heavy atom. The van der Waals surface area contributed by atoms with Gasteiger partial charge in [-0.3, -0.25) is 10.1 Å². The third-order valence-corrected chi connectivity index (χ3v) is 2.37. The van der Waals surface area contributed by atoms with Crippen molar-refractivity contribution in [2.45, 2.75) is 13.8 Å². The summed E-state index contributed by atoms with van der Waals surface area (Å²) >= 11 is 0. The lowest BCUT2D eigenvalue weighted by Gasteiger charge is -2.04. The maximum atomic E-state index is 11.8. The summed E-state index contributed by atoms with van der Waals surface area (Å²) in [6.45, 7) is 2.97. The fourth-order valence-electron chi connectivity index (χ4n) is 1.38. The summed E-state index contributed by atoms with van der Waals surface area (Å²) in [6, 6.07) is 6.65. The van der Waals surface area contributed by atoms with Gasteiger partial charge >= 0.3 is 6.09 Å². The lowest BCUT2D eigenvalue weighted by molar-refractivity contribution is -0.117. The van der Waals surface area contributed by atoms with Crippen LogP contribution in [0, 0.1) is 0 Å². The van der Waals surface area contributed by atoms with E-state index in [1.54, 1.807) is 31.2 Å². The molecule has 0 bridgehead atoms. The van der Waals surface area contributed by atoms with Gasteiger partial charge in [-0.25, -0.2) is 4.79 Å². The third kappa shape index (κ3) is 5.23. The van der Waals surface area contributed by atoms with E-state index >= 15 is 0 Å². The zero-order valence-corrected chi connectivity index (χ0v) is 12.5. The predicted octanol–water partition coefficient (Wildman–Crippen LogP) is 2.84. The first-order valence-electron chi connectivity index (χ1n) is 6.41. The van der Waals surface area contributed by atoms with Crippen molar-refractivity contribution in [1.29, 1.82) is 0 Å². The molecule has 0 radical (unpaired) electrons. The number of aliphatic hydroxyl groups is 1. The topological polar surface area (TPSA) is 110 Å². The molecule has 0 saturated heterocycles. The molecule has 0 heterocycles. The molecule has 0 aliphatic heterocycles. The summed E-state index contributed by atoms with van der Waals surface area (Å²) in [5.41, 5.74) is 0.0258. The summed E-state index contributed by atoms with van der Waals surface area (Å²) in [5.74, 6) is -0.725. The SMILES string of the molecule is CCOC(=O)NC(=O)/C(N=Nc1cccc(OC)c1)=C(/C)O. The average Bonchev–Trinajstić information content (AvgIpc) is 2.47. The van der Waals surface area contributed by atoms with Crippen molar-refractivity contribution in [2.75, 3.05) is 13.7 Å². The van der Waals surface area contributed by atoms with Crippen molar-refractivity contribution in [3.05, 3.63) is 35.7 Å². The molecular weight excluding hydrogens is 290 g/mol. The first kappa shape index (κ1) is 17.2. The second-order valence-electron chi connectivity index (χ2n) is 4.01. The van der Waals surface area contributed by atoms with Gasteiger partial charge in [-0.15, -0.1) is 5.11 Å². The van der Waals surface area contributed by atoms with Crippen LogP contribution in [0.4, 0.5) is 10.5 Å². The van der Waals surface area contributed by atoms with Crippen molar-refractivity contribution in [2.24, 2.45) is 10.2 Å². The number of aliphatic hydroxyl groups excluding tert-OH is 1. The standard InChI is InChI=1S/C14H17N3O5/c1-4-22-14(20)15-13(19)12(9(2)18)17-16-10-6-5-7-11(8-10)21-3/h5-8,18H,4H2,1-3H3,(H,15,19,20)/b12-9+,17-16?. The lowest BCUT2D eigenvalue weighted by atomic mass is 10.3. The minimum atomic E-state index is -0.928. The number of imide groups is 1. The Balaban J connectivity index is 2.89. The number of rotatable bonds is 5. The summed E-state index contributed by atoms with van der Waals surface area (Å²) in [6.07, 6.45) is -0.928. The average molecular weight is 307 g/mol. The van der Waals surface area contributed by atoms with Crippen molar-refractivity contribution < 1.29 is 24.2 Å². The number of hydrogen-bond donors (Lipinski definition) is 2. The quantitative estimate of drug-likeness (QED) is 0.494. The smallest absolute Gasteiger partial charge is 0.414 e. The molecule has 8 nitrogen and oxygen atoms in total. The van der Waals surface area contributed by atoms with Gasteiger partial charge in [0.05, 0.1) is 19.4 Å². The molecule has 0 atom stereocenters. The summed E-state index contributed by atoms with van der Waals surface area (Å²) in [5, 5.41) is 18.9. The van der Waals surface area contributed by atoms with Gasteiger partial charge in [0.15, 0.2) is 5.70 Å². The molecule has 0 aromatic heterocycles. The number of carbonyl (C=O) groups excluding carboxylic acids is 2. The van der Waals surface area contributed by atoms with E-state index in [-0.39, 0.29) is 12.4 Å². The zero-order valence-electron chi connectivity index (χ0n) is 12.5. The Morgan fingerprint density at radius 1 is 1.36 bits per heavy atom. The van der Waals surface area contributed by atoms with Crippen molar-refractivity contribution in [3.63, 3.8) is 0 Å². The van der Waals surface area contributed by atoms with Crippen LogP contribution in [0.2, 0.25) is 0 Å². The fourth-order valence-corrected chi connectivity index (χ4v) is 1.38. The number of nitrogens with one attached hydrogen (secondary N) is 1. The van der Waals surface area contributed by atoms with Crippen molar-refractivity contribution in [3.8, 4) is 5.75 Å². The van der Waals surface area contributed by atoms with Gasteiger partial charge < -0.3 is 14.6 Å². The largest absolute Gasteiger partial charge is 0.510 e. The molecule has 0 spiro atoms. The summed E-state index contributed by atoms with van der Waals surface area (Å²) in [7, 11) is 1.51. The van der Waals surface area contributed by atoms with Gasteiger partial charge in [-0.05, 0) is 26.0 Å². The predicted molar refractivity (Wildman–Crippen MR) is 78.0 cm³/mol. The Bertz CT molecular complexity index is 606. The highest BCUT2D eigenvalue weighted by molar-refractivity contribution is 6.02. The summed E-state index contributed by atoms with van der Waals surface area (Å²) < 4.78 is 9.60. The van der Waals surface area contributed by atoms with Gasteiger partial charge in [0.1, 0.15) is 11.5 Å². The Labute approximate surface area is 127 Å². The number of methoxy groups -OCH3 is 1. The molecule has 22 heavy (non-hydrogen) atoms. The van der Waals surface area contributed by atoms with Crippen LogP contribution in [0.3, 0.4) is 0 Å². The van der Waals surface area contributed by atoms with Gasteiger partial charge in [0, 0.05) is 6.07 Å². The van der Waals surface area contributed by atoms with Crippen LogP contribution in [0.5, 0.6) is 5.75 Å². The van der Waals surface area contributed by atoms with E-state index in [1.807, 2.05) is 5.32 Å². The van der Waals surface area contributed by atoms with Crippen LogP contribution in [-0.4, -0.2) is 30.8 Å². The van der Waals surface area contributed by atoms with Crippen LogP contribution < -0.4 is 10.1 Å². The van der Waals surface area contributed by atoms with Crippen LogP contribution in [-0.2, 0) is 9.53 Å². The number of hydrogen-bond acceptors (Lipinski definition) is 7. The maximum Gasteiger partial charge on any atom is 0.414 e. The molecule has 118 valence electrons. The van der Waals surface area contributed by atoms with Crippen LogP contribution in [0.25, 0.3) is 0 Å². The number of azo groups is 1. The van der Waals surface area contributed by atoms with Gasteiger partial charge in [0.2, 0.25) is 0 Å². The number of allylic oxidation sites excluding steroid dienone is 1. The molecule has 1 aromatic rings. The second kappa shape index (κ2) is 8.40.